The molecule has 0 bridgehead atoms. The molecular formula is C9H12N4O2S. The van der Waals surface area contributed by atoms with Crippen LogP contribution in [0.15, 0.2) is 5.51 Å². The molecule has 7 heteroatoms. The summed E-state index contributed by atoms with van der Waals surface area (Å²) in [5, 5.41) is 10.5. The summed E-state index contributed by atoms with van der Waals surface area (Å²) < 4.78 is 0. The van der Waals surface area contributed by atoms with Crippen LogP contribution in [0, 0.1) is 5.92 Å². The van der Waals surface area contributed by atoms with Crippen LogP contribution in [0.4, 0.5) is 5.13 Å². The fraction of sp³-hybridized carbons (Fsp3) is 0.556. The van der Waals surface area contributed by atoms with Gasteiger partial charge >= 0.3 is 0 Å². The molecule has 2 rings (SSSR count). The summed E-state index contributed by atoms with van der Waals surface area (Å²) in [6, 6.07) is 0. The SMILES string of the molecule is CN1CC[C@@H](C(=O)Nc2nncs2)CC1=O. The quantitative estimate of drug-likeness (QED) is 0.809. The van der Waals surface area contributed by atoms with Crippen molar-refractivity contribution in [3.8, 4) is 0 Å². The van der Waals surface area contributed by atoms with Crippen LogP contribution in [0.25, 0.3) is 0 Å². The lowest BCUT2D eigenvalue weighted by Crippen LogP contribution is -2.39. The highest BCUT2D eigenvalue weighted by atomic mass is 32.1. The number of nitrogens with zero attached hydrogens (tertiary/aromatic N) is 3. The van der Waals surface area contributed by atoms with Crippen molar-refractivity contribution < 1.29 is 9.59 Å². The average molecular weight is 240 g/mol. The monoisotopic (exact) mass is 240 g/mol. The molecule has 0 aliphatic carbocycles. The van der Waals surface area contributed by atoms with Crippen molar-refractivity contribution in [1.29, 1.82) is 0 Å². The Bertz CT molecular complexity index is 392. The van der Waals surface area contributed by atoms with Gasteiger partial charge in [0.15, 0.2) is 0 Å². The molecule has 0 unspecified atom stereocenters. The van der Waals surface area contributed by atoms with Gasteiger partial charge in [-0.1, -0.05) is 11.3 Å². The number of anilines is 1. The van der Waals surface area contributed by atoms with Crippen molar-refractivity contribution in [3.63, 3.8) is 0 Å². The van der Waals surface area contributed by atoms with E-state index >= 15 is 0 Å². The first-order chi connectivity index (χ1) is 7.66. The maximum absolute atomic E-state index is 11.8. The van der Waals surface area contributed by atoms with Crippen molar-refractivity contribution in [2.45, 2.75) is 12.8 Å². The molecule has 1 N–H and O–H groups in total. The number of hydrogen-bond acceptors (Lipinski definition) is 5. The van der Waals surface area contributed by atoms with Crippen LogP contribution >= 0.6 is 11.3 Å². The molecule has 1 saturated heterocycles. The molecule has 0 radical (unpaired) electrons. The minimum atomic E-state index is -0.243. The van der Waals surface area contributed by atoms with E-state index in [-0.39, 0.29) is 24.2 Å². The summed E-state index contributed by atoms with van der Waals surface area (Å²) in [7, 11) is 1.75. The Morgan fingerprint density at radius 1 is 1.69 bits per heavy atom. The Kier molecular flexibility index (Phi) is 3.14. The summed E-state index contributed by atoms with van der Waals surface area (Å²) in [4.78, 5) is 24.9. The number of carbonyl (C=O) groups excluding carboxylic acids is 2. The second-order valence-corrected chi connectivity index (χ2v) is 4.57. The summed E-state index contributed by atoms with van der Waals surface area (Å²) in [5.74, 6) is -0.366. The zero-order valence-electron chi connectivity index (χ0n) is 8.84. The van der Waals surface area contributed by atoms with Gasteiger partial charge in [-0.25, -0.2) is 0 Å². The van der Waals surface area contributed by atoms with Gasteiger partial charge in [-0.2, -0.15) is 0 Å². The smallest absolute Gasteiger partial charge is 0.229 e. The minimum Gasteiger partial charge on any atom is -0.346 e. The van der Waals surface area contributed by atoms with E-state index in [1.54, 1.807) is 17.5 Å². The maximum Gasteiger partial charge on any atom is 0.229 e. The van der Waals surface area contributed by atoms with Crippen molar-refractivity contribution in [2.24, 2.45) is 5.92 Å². The fourth-order valence-electron chi connectivity index (χ4n) is 1.60. The normalized spacial score (nSPS) is 20.9. The second-order valence-electron chi connectivity index (χ2n) is 3.74. The topological polar surface area (TPSA) is 75.2 Å². The summed E-state index contributed by atoms with van der Waals surface area (Å²) in [5.41, 5.74) is 1.55. The molecule has 1 atom stereocenters. The lowest BCUT2D eigenvalue weighted by Gasteiger charge is -2.27. The van der Waals surface area contributed by atoms with E-state index in [1.807, 2.05) is 0 Å². The van der Waals surface area contributed by atoms with Gasteiger partial charge in [-0.3, -0.25) is 9.59 Å². The molecule has 16 heavy (non-hydrogen) atoms. The van der Waals surface area contributed by atoms with Gasteiger partial charge in [-0.05, 0) is 6.42 Å². The van der Waals surface area contributed by atoms with Crippen LogP contribution in [0.2, 0.25) is 0 Å². The second kappa shape index (κ2) is 4.56. The molecule has 6 nitrogen and oxygen atoms in total. The molecule has 1 aliphatic heterocycles. The summed E-state index contributed by atoms with van der Waals surface area (Å²) in [6.07, 6.45) is 0.980. The predicted octanol–water partition coefficient (Wildman–Crippen LogP) is 0.345. The van der Waals surface area contributed by atoms with Crippen LogP contribution in [0.1, 0.15) is 12.8 Å². The third-order valence-electron chi connectivity index (χ3n) is 2.62. The molecule has 1 aliphatic rings. The van der Waals surface area contributed by atoms with E-state index in [0.717, 1.165) is 0 Å². The third kappa shape index (κ3) is 2.35. The van der Waals surface area contributed by atoms with Gasteiger partial charge in [-0.15, -0.1) is 10.2 Å². The molecule has 2 amide bonds. The Labute approximate surface area is 96.7 Å². The standard InChI is InChI=1S/C9H12N4O2S/c1-13-3-2-6(4-7(13)14)8(15)11-9-12-10-5-16-9/h5-6H,2-4H2,1H3,(H,11,12,15)/t6-/m1/s1. The number of piperidine rings is 1. The molecule has 1 fully saturated rings. The first-order valence-corrected chi connectivity index (χ1v) is 5.86. The Morgan fingerprint density at radius 2 is 2.50 bits per heavy atom. The maximum atomic E-state index is 11.8. The lowest BCUT2D eigenvalue weighted by molar-refractivity contribution is -0.137. The zero-order chi connectivity index (χ0) is 11.5. The fourth-order valence-corrected chi connectivity index (χ4v) is 2.05. The summed E-state index contributed by atoms with van der Waals surface area (Å²) in [6.45, 7) is 0.632. The molecule has 0 spiro atoms. The number of amides is 2. The highest BCUT2D eigenvalue weighted by molar-refractivity contribution is 7.13. The van der Waals surface area contributed by atoms with Crippen LogP contribution in [0.3, 0.4) is 0 Å². The first-order valence-electron chi connectivity index (χ1n) is 4.98. The van der Waals surface area contributed by atoms with Crippen molar-refractivity contribution in [1.82, 2.24) is 15.1 Å². The highest BCUT2D eigenvalue weighted by Gasteiger charge is 2.28. The van der Waals surface area contributed by atoms with Crippen LogP contribution in [-0.2, 0) is 9.59 Å². The van der Waals surface area contributed by atoms with Gasteiger partial charge in [0.1, 0.15) is 5.51 Å². The van der Waals surface area contributed by atoms with Crippen LogP contribution < -0.4 is 5.32 Å². The lowest BCUT2D eigenvalue weighted by atomic mass is 9.96. The van der Waals surface area contributed by atoms with Gasteiger partial charge in [0, 0.05) is 25.9 Å². The summed E-state index contributed by atoms with van der Waals surface area (Å²) >= 11 is 1.27. The molecule has 86 valence electrons. The predicted molar refractivity (Wildman–Crippen MR) is 58.9 cm³/mol. The van der Waals surface area contributed by atoms with Crippen molar-refractivity contribution >= 4 is 28.3 Å². The number of rotatable bonds is 2. The molecule has 0 saturated carbocycles. The number of likely N-dealkylation sites (tertiary alicyclic amines) is 1. The number of nitrogens with one attached hydrogen (secondary N) is 1. The third-order valence-corrected chi connectivity index (χ3v) is 3.23. The zero-order valence-corrected chi connectivity index (χ0v) is 9.66. The van der Waals surface area contributed by atoms with E-state index in [9.17, 15) is 9.59 Å². The number of hydrogen-bond donors (Lipinski definition) is 1. The molecule has 1 aromatic heterocycles. The first kappa shape index (κ1) is 11.0. The van der Waals surface area contributed by atoms with E-state index in [1.165, 1.54) is 11.3 Å². The molecule has 0 aromatic carbocycles. The van der Waals surface area contributed by atoms with E-state index in [0.29, 0.717) is 18.1 Å². The Balaban J connectivity index is 1.93. The number of carbonyl (C=O) groups is 2. The molecule has 2 heterocycles. The van der Waals surface area contributed by atoms with Gasteiger partial charge in [0.25, 0.3) is 0 Å². The van der Waals surface area contributed by atoms with Gasteiger partial charge in [0.05, 0.1) is 0 Å². The van der Waals surface area contributed by atoms with Crippen molar-refractivity contribution in [2.75, 3.05) is 18.9 Å². The molecular weight excluding hydrogens is 228 g/mol. The van der Waals surface area contributed by atoms with Crippen LogP contribution in [0.5, 0.6) is 0 Å². The Morgan fingerprint density at radius 3 is 3.12 bits per heavy atom. The van der Waals surface area contributed by atoms with E-state index in [2.05, 4.69) is 15.5 Å². The van der Waals surface area contributed by atoms with Crippen molar-refractivity contribution in [3.05, 3.63) is 5.51 Å². The minimum absolute atomic E-state index is 0.0173. The molecule has 1 aromatic rings. The van der Waals surface area contributed by atoms with E-state index in [4.69, 9.17) is 0 Å². The largest absolute Gasteiger partial charge is 0.346 e. The van der Waals surface area contributed by atoms with Crippen LogP contribution in [-0.4, -0.2) is 40.5 Å². The average Bonchev–Trinajstić information content (AvgIpc) is 2.74. The highest BCUT2D eigenvalue weighted by Crippen LogP contribution is 2.19. The van der Waals surface area contributed by atoms with Gasteiger partial charge in [0.2, 0.25) is 16.9 Å². The van der Waals surface area contributed by atoms with E-state index < -0.39 is 0 Å². The van der Waals surface area contributed by atoms with Gasteiger partial charge < -0.3 is 10.2 Å². The number of aromatic nitrogens is 2. The Hall–Kier alpha value is -1.50.